The number of rotatable bonds is 9. The molecule has 0 saturated carbocycles. The summed E-state index contributed by atoms with van der Waals surface area (Å²) < 4.78 is 30.4. The number of nitrogens with one attached hydrogen (secondary N) is 3. The van der Waals surface area contributed by atoms with Gasteiger partial charge in [0.15, 0.2) is 11.5 Å². The van der Waals surface area contributed by atoms with Crippen molar-refractivity contribution >= 4 is 28.3 Å². The van der Waals surface area contributed by atoms with Crippen molar-refractivity contribution in [2.75, 3.05) is 18.4 Å². The monoisotopic (exact) mass is 489 g/mol. The lowest BCUT2D eigenvalue weighted by Gasteiger charge is -2.18. The molecule has 0 aliphatic rings. The van der Waals surface area contributed by atoms with Gasteiger partial charge in [-0.25, -0.2) is 4.98 Å². The van der Waals surface area contributed by atoms with Crippen molar-refractivity contribution < 1.29 is 13.9 Å². The van der Waals surface area contributed by atoms with Gasteiger partial charge >= 0.3 is 5.92 Å². The van der Waals surface area contributed by atoms with Crippen LogP contribution in [-0.2, 0) is 19.0 Å². The first-order valence-corrected chi connectivity index (χ1v) is 10.8. The molecule has 4 rings (SSSR count). The lowest BCUT2D eigenvalue weighted by atomic mass is 10.2. The number of aromatic hydroxyl groups is 1. The van der Waals surface area contributed by atoms with Crippen LogP contribution >= 0.6 is 11.6 Å². The van der Waals surface area contributed by atoms with E-state index in [4.69, 9.17) is 11.6 Å². The van der Waals surface area contributed by atoms with E-state index < -0.39 is 29.5 Å². The number of hydrogen-bond acceptors (Lipinski definition) is 7. The van der Waals surface area contributed by atoms with E-state index in [0.29, 0.717) is 30.4 Å². The molecule has 0 spiro atoms. The fourth-order valence-electron chi connectivity index (χ4n) is 3.50. The molecule has 0 unspecified atom stereocenters. The van der Waals surface area contributed by atoms with Gasteiger partial charge in [-0.05, 0) is 37.3 Å². The van der Waals surface area contributed by atoms with Gasteiger partial charge < -0.3 is 20.3 Å². The van der Waals surface area contributed by atoms with Crippen molar-refractivity contribution in [2.45, 2.75) is 25.9 Å². The third kappa shape index (κ3) is 5.00. The highest BCUT2D eigenvalue weighted by atomic mass is 35.5. The average molecular weight is 490 g/mol. The Morgan fingerprint density at radius 3 is 2.88 bits per heavy atom. The standard InChI is InChI=1S/C22H22ClF2N7O2/c1-13-10-28-20(29-12-22(24,25)19-18(33)3-2-6-27-19)21(34)32(13)8-7-26-11-17-15-9-14(23)4-5-16(15)30-31-17/h2-6,9-10,26,33H,7-8,11-12H2,1H3,(H,28,29)(H,30,31). The number of alkyl halides is 2. The Hall–Kier alpha value is -3.57. The highest BCUT2D eigenvalue weighted by Gasteiger charge is 2.36. The fraction of sp³-hybridized carbons (Fsp3) is 0.273. The lowest BCUT2D eigenvalue weighted by Crippen LogP contribution is -2.33. The molecule has 34 heavy (non-hydrogen) atoms. The number of halogens is 3. The van der Waals surface area contributed by atoms with E-state index in [1.54, 1.807) is 13.0 Å². The number of aryl methyl sites for hydroxylation is 1. The predicted molar refractivity (Wildman–Crippen MR) is 124 cm³/mol. The summed E-state index contributed by atoms with van der Waals surface area (Å²) in [7, 11) is 0. The molecule has 0 bridgehead atoms. The molecule has 1 aromatic carbocycles. The normalized spacial score (nSPS) is 11.8. The van der Waals surface area contributed by atoms with Gasteiger partial charge in [0.1, 0.15) is 5.75 Å². The van der Waals surface area contributed by atoms with Gasteiger partial charge in [-0.3, -0.25) is 14.9 Å². The molecule has 0 aliphatic carbocycles. The molecule has 4 N–H and O–H groups in total. The van der Waals surface area contributed by atoms with E-state index in [1.807, 2.05) is 12.1 Å². The van der Waals surface area contributed by atoms with Crippen molar-refractivity contribution in [3.63, 3.8) is 0 Å². The minimum atomic E-state index is -3.51. The van der Waals surface area contributed by atoms with Crippen molar-refractivity contribution in [1.29, 1.82) is 0 Å². The van der Waals surface area contributed by atoms with Crippen LogP contribution < -0.4 is 16.2 Å². The fourth-order valence-corrected chi connectivity index (χ4v) is 3.67. The molecule has 0 saturated heterocycles. The highest BCUT2D eigenvalue weighted by Crippen LogP contribution is 2.32. The number of aromatic nitrogens is 5. The number of benzene rings is 1. The molecular weight excluding hydrogens is 468 g/mol. The summed E-state index contributed by atoms with van der Waals surface area (Å²) in [6.07, 6.45) is 2.60. The first-order valence-electron chi connectivity index (χ1n) is 10.4. The van der Waals surface area contributed by atoms with E-state index in [-0.39, 0.29) is 5.82 Å². The summed E-state index contributed by atoms with van der Waals surface area (Å²) in [5.41, 5.74) is 0.950. The van der Waals surface area contributed by atoms with Gasteiger partial charge in [-0.15, -0.1) is 0 Å². The summed E-state index contributed by atoms with van der Waals surface area (Å²) in [6.45, 7) is 1.97. The van der Waals surface area contributed by atoms with Crippen molar-refractivity contribution in [3.8, 4) is 5.75 Å². The van der Waals surface area contributed by atoms with E-state index in [9.17, 15) is 18.7 Å². The zero-order valence-electron chi connectivity index (χ0n) is 18.1. The van der Waals surface area contributed by atoms with Crippen LogP contribution in [0.5, 0.6) is 5.75 Å². The van der Waals surface area contributed by atoms with E-state index in [0.717, 1.165) is 28.9 Å². The van der Waals surface area contributed by atoms with Crippen LogP contribution in [0.15, 0.2) is 47.5 Å². The molecule has 4 aromatic rings. The summed E-state index contributed by atoms with van der Waals surface area (Å²) in [6, 6.07) is 7.89. The minimum Gasteiger partial charge on any atom is -0.506 e. The van der Waals surface area contributed by atoms with Crippen LogP contribution in [-0.4, -0.2) is 42.9 Å². The molecule has 178 valence electrons. The van der Waals surface area contributed by atoms with Crippen LogP contribution in [0.2, 0.25) is 5.02 Å². The summed E-state index contributed by atoms with van der Waals surface area (Å²) in [5.74, 6) is -4.34. The number of hydrogen-bond donors (Lipinski definition) is 4. The summed E-state index contributed by atoms with van der Waals surface area (Å²) in [5, 5.41) is 24.0. The second kappa shape index (κ2) is 9.74. The Bertz CT molecular complexity index is 1370. The number of aromatic amines is 1. The van der Waals surface area contributed by atoms with Gasteiger partial charge in [-0.1, -0.05) is 11.6 Å². The molecule has 0 aliphatic heterocycles. The maximum Gasteiger partial charge on any atom is 0.310 e. The van der Waals surface area contributed by atoms with Gasteiger partial charge in [0.05, 0.1) is 17.8 Å². The Morgan fingerprint density at radius 2 is 2.09 bits per heavy atom. The van der Waals surface area contributed by atoms with E-state index >= 15 is 0 Å². The van der Waals surface area contributed by atoms with Crippen molar-refractivity contribution in [3.05, 3.63) is 75.2 Å². The highest BCUT2D eigenvalue weighted by molar-refractivity contribution is 6.31. The summed E-state index contributed by atoms with van der Waals surface area (Å²) in [4.78, 5) is 20.3. The lowest BCUT2D eigenvalue weighted by molar-refractivity contribution is 0.00350. The molecule has 9 nitrogen and oxygen atoms in total. The molecule has 0 radical (unpaired) electrons. The first kappa shape index (κ1) is 23.6. The quantitative estimate of drug-likeness (QED) is 0.266. The minimum absolute atomic E-state index is 0.213. The Labute approximate surface area is 197 Å². The number of pyridine rings is 1. The predicted octanol–water partition coefficient (Wildman–Crippen LogP) is 3.18. The van der Waals surface area contributed by atoms with Crippen molar-refractivity contribution in [1.82, 2.24) is 30.0 Å². The SMILES string of the molecule is Cc1cnc(NCC(F)(F)c2ncccc2O)c(=O)n1CCNCc1[nH]nc2ccc(Cl)cc12. The molecule has 0 fully saturated rings. The number of anilines is 1. The van der Waals surface area contributed by atoms with E-state index in [1.165, 1.54) is 16.8 Å². The van der Waals surface area contributed by atoms with Crippen LogP contribution in [0, 0.1) is 6.92 Å². The first-order chi connectivity index (χ1) is 16.3. The smallest absolute Gasteiger partial charge is 0.310 e. The third-order valence-corrected chi connectivity index (χ3v) is 5.51. The number of fused-ring (bicyclic) bond motifs is 1. The Morgan fingerprint density at radius 1 is 1.26 bits per heavy atom. The maximum absolute atomic E-state index is 14.5. The molecule has 0 amide bonds. The topological polar surface area (TPSA) is 121 Å². The number of nitrogens with zero attached hydrogens (tertiary/aromatic N) is 4. The molecular formula is C22H22ClF2N7O2. The molecule has 3 aromatic heterocycles. The van der Waals surface area contributed by atoms with Crippen LogP contribution in [0.3, 0.4) is 0 Å². The molecule has 0 atom stereocenters. The Kier molecular flexibility index (Phi) is 6.75. The molecule has 12 heteroatoms. The zero-order chi connectivity index (χ0) is 24.3. The van der Waals surface area contributed by atoms with Gasteiger partial charge in [-0.2, -0.15) is 13.9 Å². The largest absolute Gasteiger partial charge is 0.506 e. The Balaban J connectivity index is 1.40. The summed E-state index contributed by atoms with van der Waals surface area (Å²) >= 11 is 6.06. The van der Waals surface area contributed by atoms with E-state index in [2.05, 4.69) is 30.8 Å². The second-order valence-electron chi connectivity index (χ2n) is 7.67. The third-order valence-electron chi connectivity index (χ3n) is 5.27. The number of H-pyrrole nitrogens is 1. The zero-order valence-corrected chi connectivity index (χ0v) is 18.9. The van der Waals surface area contributed by atoms with Crippen LogP contribution in [0.4, 0.5) is 14.6 Å². The van der Waals surface area contributed by atoms with Crippen LogP contribution in [0.1, 0.15) is 17.1 Å². The van der Waals surface area contributed by atoms with Gasteiger partial charge in [0, 0.05) is 48.1 Å². The average Bonchev–Trinajstić information content (AvgIpc) is 3.20. The second-order valence-corrected chi connectivity index (χ2v) is 8.11. The van der Waals surface area contributed by atoms with Gasteiger partial charge in [0.25, 0.3) is 5.56 Å². The van der Waals surface area contributed by atoms with Crippen molar-refractivity contribution in [2.24, 2.45) is 0 Å². The van der Waals surface area contributed by atoms with Gasteiger partial charge in [0.2, 0.25) is 0 Å². The molecule has 3 heterocycles. The van der Waals surface area contributed by atoms with Crippen LogP contribution in [0.25, 0.3) is 10.9 Å². The maximum atomic E-state index is 14.5.